The van der Waals surface area contributed by atoms with Gasteiger partial charge in [-0.1, -0.05) is 19.1 Å². The van der Waals surface area contributed by atoms with Crippen molar-refractivity contribution in [2.45, 2.75) is 33.2 Å². The lowest BCUT2D eigenvalue weighted by Crippen LogP contribution is -2.40. The molecular formula is C23H30FN5O2. The standard InChI is InChI=1S/C23H30FN5O2/c1-16-7-11-29(12-8-16)21-6-4-18(14-27-21)15-28-23(31)26-10-9-25-22(30)19-5-3-17(2)20(24)13-19/h3-6,13-14,16H,7-12,15H2,1-2H3,(H,25,30)(H2,26,28,31). The van der Waals surface area contributed by atoms with E-state index >= 15 is 0 Å². The van der Waals surface area contributed by atoms with Crippen LogP contribution in [0.3, 0.4) is 0 Å². The number of piperidine rings is 1. The minimum absolute atomic E-state index is 0.243. The molecule has 0 saturated carbocycles. The SMILES string of the molecule is Cc1ccc(C(=O)NCCNC(=O)NCc2ccc(N3CCC(C)CC3)nc2)cc1F. The van der Waals surface area contributed by atoms with Crippen molar-refractivity contribution in [3.05, 3.63) is 59.0 Å². The molecule has 0 atom stereocenters. The van der Waals surface area contributed by atoms with Crippen molar-refractivity contribution in [1.82, 2.24) is 20.9 Å². The number of hydrogen-bond donors (Lipinski definition) is 3. The molecule has 0 unspecified atom stereocenters. The second-order valence-corrected chi connectivity index (χ2v) is 8.02. The van der Waals surface area contributed by atoms with Crippen LogP contribution in [0.15, 0.2) is 36.5 Å². The highest BCUT2D eigenvalue weighted by Crippen LogP contribution is 2.21. The third kappa shape index (κ3) is 6.67. The van der Waals surface area contributed by atoms with Gasteiger partial charge in [-0.2, -0.15) is 0 Å². The van der Waals surface area contributed by atoms with Crippen molar-refractivity contribution >= 4 is 17.8 Å². The Labute approximate surface area is 182 Å². The number of aryl methyl sites for hydroxylation is 1. The lowest BCUT2D eigenvalue weighted by atomic mass is 9.99. The second kappa shape index (κ2) is 10.7. The minimum Gasteiger partial charge on any atom is -0.357 e. The van der Waals surface area contributed by atoms with Gasteiger partial charge in [-0.3, -0.25) is 4.79 Å². The first kappa shape index (κ1) is 22.5. The largest absolute Gasteiger partial charge is 0.357 e. The van der Waals surface area contributed by atoms with Gasteiger partial charge in [0.1, 0.15) is 11.6 Å². The highest BCUT2D eigenvalue weighted by Gasteiger charge is 2.16. The molecule has 0 radical (unpaired) electrons. The maximum absolute atomic E-state index is 13.5. The highest BCUT2D eigenvalue weighted by atomic mass is 19.1. The normalized spacial score (nSPS) is 14.2. The van der Waals surface area contributed by atoms with Crippen LogP contribution in [0.25, 0.3) is 0 Å². The minimum atomic E-state index is -0.418. The Morgan fingerprint density at radius 2 is 1.84 bits per heavy atom. The number of aromatic nitrogens is 1. The Hall–Kier alpha value is -3.16. The summed E-state index contributed by atoms with van der Waals surface area (Å²) < 4.78 is 13.5. The molecule has 166 valence electrons. The van der Waals surface area contributed by atoms with Crippen LogP contribution in [-0.2, 0) is 6.54 Å². The Morgan fingerprint density at radius 1 is 1.10 bits per heavy atom. The highest BCUT2D eigenvalue weighted by molar-refractivity contribution is 5.94. The van der Waals surface area contributed by atoms with Gasteiger partial charge in [0.15, 0.2) is 0 Å². The van der Waals surface area contributed by atoms with Crippen LogP contribution in [0.1, 0.15) is 41.3 Å². The van der Waals surface area contributed by atoms with Gasteiger partial charge in [0.25, 0.3) is 5.91 Å². The first-order chi connectivity index (χ1) is 14.9. The number of pyridine rings is 1. The summed E-state index contributed by atoms with van der Waals surface area (Å²) in [5, 5.41) is 8.10. The van der Waals surface area contributed by atoms with Gasteiger partial charge in [-0.05, 0) is 55.0 Å². The number of anilines is 1. The van der Waals surface area contributed by atoms with Crippen LogP contribution in [0.4, 0.5) is 15.0 Å². The number of amides is 3. The lowest BCUT2D eigenvalue weighted by Gasteiger charge is -2.31. The molecule has 1 aliphatic heterocycles. The average Bonchev–Trinajstić information content (AvgIpc) is 2.78. The maximum Gasteiger partial charge on any atom is 0.315 e. The van der Waals surface area contributed by atoms with E-state index in [4.69, 9.17) is 0 Å². The summed E-state index contributed by atoms with van der Waals surface area (Å²) in [5.41, 5.74) is 1.65. The Morgan fingerprint density at radius 3 is 2.52 bits per heavy atom. The van der Waals surface area contributed by atoms with E-state index < -0.39 is 5.82 Å². The van der Waals surface area contributed by atoms with E-state index in [2.05, 4.69) is 32.8 Å². The monoisotopic (exact) mass is 427 g/mol. The molecule has 2 heterocycles. The molecule has 1 aromatic heterocycles. The topological polar surface area (TPSA) is 86.4 Å². The molecule has 0 spiro atoms. The van der Waals surface area contributed by atoms with Gasteiger partial charge in [0.2, 0.25) is 0 Å². The summed E-state index contributed by atoms with van der Waals surface area (Å²) in [7, 11) is 0. The fourth-order valence-electron chi connectivity index (χ4n) is 3.38. The molecule has 2 aromatic rings. The smallest absolute Gasteiger partial charge is 0.315 e. The number of hydrogen-bond acceptors (Lipinski definition) is 4. The van der Waals surface area contributed by atoms with Gasteiger partial charge in [-0.15, -0.1) is 0 Å². The van der Waals surface area contributed by atoms with Crippen LogP contribution in [0.2, 0.25) is 0 Å². The zero-order chi connectivity index (χ0) is 22.2. The van der Waals surface area contributed by atoms with Gasteiger partial charge in [0, 0.05) is 44.5 Å². The number of benzene rings is 1. The summed E-state index contributed by atoms with van der Waals surface area (Å²) in [6.45, 7) is 6.85. The van der Waals surface area contributed by atoms with Gasteiger partial charge < -0.3 is 20.9 Å². The Kier molecular flexibility index (Phi) is 7.81. The van der Waals surface area contributed by atoms with Crippen molar-refractivity contribution in [2.75, 3.05) is 31.1 Å². The number of halogens is 1. The fourth-order valence-corrected chi connectivity index (χ4v) is 3.38. The van der Waals surface area contributed by atoms with Crippen molar-refractivity contribution in [2.24, 2.45) is 5.92 Å². The second-order valence-electron chi connectivity index (χ2n) is 8.02. The van der Waals surface area contributed by atoms with Gasteiger partial charge in [0.05, 0.1) is 0 Å². The molecule has 8 heteroatoms. The number of nitrogens with one attached hydrogen (secondary N) is 3. The quantitative estimate of drug-likeness (QED) is 0.593. The molecule has 7 nitrogen and oxygen atoms in total. The van der Waals surface area contributed by atoms with Crippen molar-refractivity contribution < 1.29 is 14.0 Å². The van der Waals surface area contributed by atoms with Crippen molar-refractivity contribution in [3.63, 3.8) is 0 Å². The molecule has 1 aliphatic rings. The van der Waals surface area contributed by atoms with E-state index in [9.17, 15) is 14.0 Å². The van der Waals surface area contributed by atoms with Crippen LogP contribution in [0.5, 0.6) is 0 Å². The average molecular weight is 428 g/mol. The number of nitrogens with zero attached hydrogens (tertiary/aromatic N) is 2. The van der Waals surface area contributed by atoms with Crippen LogP contribution in [0, 0.1) is 18.7 Å². The summed E-state index contributed by atoms with van der Waals surface area (Å²) in [5.74, 6) is 0.954. The molecule has 3 N–H and O–H groups in total. The molecule has 0 bridgehead atoms. The van der Waals surface area contributed by atoms with Crippen LogP contribution < -0.4 is 20.9 Å². The van der Waals surface area contributed by atoms with E-state index in [1.807, 2.05) is 12.1 Å². The molecule has 3 amide bonds. The zero-order valence-electron chi connectivity index (χ0n) is 18.1. The predicted octanol–water partition coefficient (Wildman–Crippen LogP) is 2.99. The molecular weight excluding hydrogens is 397 g/mol. The maximum atomic E-state index is 13.5. The van der Waals surface area contributed by atoms with Gasteiger partial charge >= 0.3 is 6.03 Å². The predicted molar refractivity (Wildman–Crippen MR) is 119 cm³/mol. The lowest BCUT2D eigenvalue weighted by molar-refractivity contribution is 0.0953. The summed E-state index contributed by atoms with van der Waals surface area (Å²) in [6.07, 6.45) is 4.16. The third-order valence-electron chi connectivity index (χ3n) is 5.50. The number of carbonyl (C=O) groups is 2. The fraction of sp³-hybridized carbons (Fsp3) is 0.435. The van der Waals surface area contributed by atoms with Gasteiger partial charge in [-0.25, -0.2) is 14.2 Å². The number of urea groups is 1. The van der Waals surface area contributed by atoms with Crippen LogP contribution >= 0.6 is 0 Å². The van der Waals surface area contributed by atoms with E-state index in [0.29, 0.717) is 12.1 Å². The number of carbonyl (C=O) groups excluding carboxylic acids is 2. The number of rotatable bonds is 7. The van der Waals surface area contributed by atoms with E-state index in [-0.39, 0.29) is 30.6 Å². The van der Waals surface area contributed by atoms with Crippen molar-refractivity contribution in [3.8, 4) is 0 Å². The molecule has 1 fully saturated rings. The Balaban J connectivity index is 1.33. The molecule has 3 rings (SSSR count). The van der Waals surface area contributed by atoms with E-state index in [0.717, 1.165) is 30.4 Å². The van der Waals surface area contributed by atoms with Crippen LogP contribution in [-0.4, -0.2) is 43.1 Å². The zero-order valence-corrected chi connectivity index (χ0v) is 18.1. The summed E-state index contributed by atoms with van der Waals surface area (Å²) in [4.78, 5) is 30.8. The third-order valence-corrected chi connectivity index (χ3v) is 5.50. The summed E-state index contributed by atoms with van der Waals surface area (Å²) in [6, 6.07) is 7.97. The molecule has 1 aromatic carbocycles. The Bertz CT molecular complexity index is 895. The van der Waals surface area contributed by atoms with E-state index in [1.54, 1.807) is 25.3 Å². The summed E-state index contributed by atoms with van der Waals surface area (Å²) >= 11 is 0. The van der Waals surface area contributed by atoms with Crippen molar-refractivity contribution in [1.29, 1.82) is 0 Å². The first-order valence-electron chi connectivity index (χ1n) is 10.7. The molecule has 0 aliphatic carbocycles. The molecule has 1 saturated heterocycles. The first-order valence-corrected chi connectivity index (χ1v) is 10.7. The van der Waals surface area contributed by atoms with E-state index in [1.165, 1.54) is 18.9 Å². The molecule has 31 heavy (non-hydrogen) atoms.